The molecule has 1 aliphatic heterocycles. The van der Waals surface area contributed by atoms with Crippen molar-refractivity contribution in [3.63, 3.8) is 0 Å². The van der Waals surface area contributed by atoms with Crippen LogP contribution in [0.1, 0.15) is 62.1 Å². The summed E-state index contributed by atoms with van der Waals surface area (Å²) in [5.41, 5.74) is 2.05. The Labute approximate surface area is 191 Å². The largest absolute Gasteiger partial charge is 0.497 e. The molecule has 170 valence electrons. The fourth-order valence-electron chi connectivity index (χ4n) is 5.07. The summed E-state index contributed by atoms with van der Waals surface area (Å²) in [6.07, 6.45) is 8.65. The van der Waals surface area contributed by atoms with Gasteiger partial charge in [-0.2, -0.15) is 0 Å². The summed E-state index contributed by atoms with van der Waals surface area (Å²) >= 11 is 0. The van der Waals surface area contributed by atoms with Crippen LogP contribution in [0.5, 0.6) is 5.75 Å². The molecule has 2 aliphatic rings. The minimum Gasteiger partial charge on any atom is -0.497 e. The van der Waals surface area contributed by atoms with Crippen LogP contribution < -0.4 is 4.74 Å². The minimum absolute atomic E-state index is 0.0350. The van der Waals surface area contributed by atoms with Crippen LogP contribution in [0.25, 0.3) is 0 Å². The molecule has 4 rings (SSSR count). The van der Waals surface area contributed by atoms with E-state index in [1.54, 1.807) is 12.0 Å². The Hall–Kier alpha value is -2.82. The second-order valence-corrected chi connectivity index (χ2v) is 8.97. The molecule has 1 saturated heterocycles. The van der Waals surface area contributed by atoms with Crippen LogP contribution in [0.15, 0.2) is 54.6 Å². The van der Waals surface area contributed by atoms with E-state index in [-0.39, 0.29) is 24.4 Å². The summed E-state index contributed by atoms with van der Waals surface area (Å²) in [4.78, 5) is 30.9. The van der Waals surface area contributed by atoms with Gasteiger partial charge in [-0.05, 0) is 42.5 Å². The summed E-state index contributed by atoms with van der Waals surface area (Å²) in [6.45, 7) is 0.731. The highest BCUT2D eigenvalue weighted by atomic mass is 16.5. The Morgan fingerprint density at radius 3 is 2.19 bits per heavy atom. The molecule has 1 unspecified atom stereocenters. The van der Waals surface area contributed by atoms with Crippen molar-refractivity contribution < 1.29 is 14.3 Å². The first-order chi connectivity index (χ1) is 15.7. The zero-order valence-corrected chi connectivity index (χ0v) is 19.0. The second-order valence-electron chi connectivity index (χ2n) is 8.97. The number of rotatable bonds is 6. The predicted molar refractivity (Wildman–Crippen MR) is 125 cm³/mol. The SMILES string of the molecule is COc1ccc(C2C(=O)N(CCc3ccccc3)CC(=O)N2C2CCCCCCC2)cc1. The van der Waals surface area contributed by atoms with Gasteiger partial charge in [-0.25, -0.2) is 0 Å². The van der Waals surface area contributed by atoms with Crippen LogP contribution in [0.3, 0.4) is 0 Å². The molecule has 2 fully saturated rings. The zero-order valence-electron chi connectivity index (χ0n) is 19.0. The molecule has 0 radical (unpaired) electrons. The van der Waals surface area contributed by atoms with Crippen molar-refractivity contribution >= 4 is 11.8 Å². The van der Waals surface area contributed by atoms with Gasteiger partial charge in [0.15, 0.2) is 0 Å². The summed E-state index contributed by atoms with van der Waals surface area (Å²) in [5, 5.41) is 0. The van der Waals surface area contributed by atoms with Crippen molar-refractivity contribution in [3.8, 4) is 5.75 Å². The number of nitrogens with zero attached hydrogens (tertiary/aromatic N) is 2. The molecule has 0 aromatic heterocycles. The predicted octanol–water partition coefficient (Wildman–Crippen LogP) is 4.76. The third-order valence-electron chi connectivity index (χ3n) is 6.85. The molecular formula is C27H34N2O3. The number of benzene rings is 2. The van der Waals surface area contributed by atoms with Gasteiger partial charge in [0, 0.05) is 12.6 Å². The summed E-state index contributed by atoms with van der Waals surface area (Å²) in [6, 6.07) is 17.4. The Bertz CT molecular complexity index is 889. The van der Waals surface area contributed by atoms with E-state index >= 15 is 0 Å². The van der Waals surface area contributed by atoms with Gasteiger partial charge in [0.2, 0.25) is 5.91 Å². The lowest BCUT2D eigenvalue weighted by atomic mass is 9.91. The van der Waals surface area contributed by atoms with E-state index < -0.39 is 6.04 Å². The lowest BCUT2D eigenvalue weighted by Gasteiger charge is -2.45. The normalized spacial score (nSPS) is 20.7. The topological polar surface area (TPSA) is 49.9 Å². The van der Waals surface area contributed by atoms with Crippen molar-refractivity contribution in [2.45, 2.75) is 63.5 Å². The van der Waals surface area contributed by atoms with Crippen molar-refractivity contribution in [2.75, 3.05) is 20.2 Å². The van der Waals surface area contributed by atoms with Gasteiger partial charge < -0.3 is 14.5 Å². The highest BCUT2D eigenvalue weighted by Gasteiger charge is 2.43. The maximum absolute atomic E-state index is 13.8. The molecule has 1 atom stereocenters. The lowest BCUT2D eigenvalue weighted by molar-refractivity contribution is -0.159. The van der Waals surface area contributed by atoms with Gasteiger partial charge in [0.25, 0.3) is 5.91 Å². The number of hydrogen-bond donors (Lipinski definition) is 0. The number of hydrogen-bond acceptors (Lipinski definition) is 3. The van der Waals surface area contributed by atoms with Gasteiger partial charge in [-0.1, -0.05) is 74.6 Å². The van der Waals surface area contributed by atoms with Gasteiger partial charge in [-0.15, -0.1) is 0 Å². The minimum atomic E-state index is -0.553. The van der Waals surface area contributed by atoms with Gasteiger partial charge in [0.1, 0.15) is 11.8 Å². The van der Waals surface area contributed by atoms with Crippen molar-refractivity contribution in [2.24, 2.45) is 0 Å². The molecule has 0 N–H and O–H groups in total. The van der Waals surface area contributed by atoms with Gasteiger partial charge >= 0.3 is 0 Å². The number of carbonyl (C=O) groups excluding carboxylic acids is 2. The average molecular weight is 435 g/mol. The fourth-order valence-corrected chi connectivity index (χ4v) is 5.07. The van der Waals surface area contributed by atoms with Crippen LogP contribution in [-0.4, -0.2) is 47.9 Å². The van der Waals surface area contributed by atoms with Crippen molar-refractivity contribution in [3.05, 3.63) is 65.7 Å². The van der Waals surface area contributed by atoms with Crippen LogP contribution in [-0.2, 0) is 16.0 Å². The highest BCUT2D eigenvalue weighted by Crippen LogP contribution is 2.34. The van der Waals surface area contributed by atoms with E-state index in [0.717, 1.165) is 43.4 Å². The summed E-state index contributed by atoms with van der Waals surface area (Å²) in [7, 11) is 1.64. The number of amides is 2. The van der Waals surface area contributed by atoms with Gasteiger partial charge in [-0.3, -0.25) is 9.59 Å². The van der Waals surface area contributed by atoms with Crippen LogP contribution >= 0.6 is 0 Å². The molecule has 1 aliphatic carbocycles. The van der Waals surface area contributed by atoms with Crippen molar-refractivity contribution in [1.29, 1.82) is 0 Å². The molecule has 0 bridgehead atoms. The standard InChI is InChI=1S/C27H34N2O3/c1-32-24-16-14-22(15-17-24)26-27(31)28(19-18-21-10-6-5-7-11-21)20-25(30)29(26)23-12-8-3-2-4-9-13-23/h5-7,10-11,14-17,23,26H,2-4,8-9,12-13,18-20H2,1H3. The smallest absolute Gasteiger partial charge is 0.250 e. The lowest BCUT2D eigenvalue weighted by Crippen LogP contribution is -2.58. The maximum atomic E-state index is 13.8. The molecule has 5 nitrogen and oxygen atoms in total. The van der Waals surface area contributed by atoms with Crippen molar-refractivity contribution in [1.82, 2.24) is 9.80 Å². The summed E-state index contributed by atoms with van der Waals surface area (Å²) < 4.78 is 5.31. The van der Waals surface area contributed by atoms with E-state index in [1.165, 1.54) is 24.8 Å². The first-order valence-electron chi connectivity index (χ1n) is 11.9. The molecule has 1 saturated carbocycles. The zero-order chi connectivity index (χ0) is 22.3. The third-order valence-corrected chi connectivity index (χ3v) is 6.85. The molecule has 1 heterocycles. The Morgan fingerprint density at radius 2 is 1.53 bits per heavy atom. The molecule has 5 heteroatoms. The monoisotopic (exact) mass is 434 g/mol. The van der Waals surface area contributed by atoms with Crippen LogP contribution in [0.2, 0.25) is 0 Å². The van der Waals surface area contributed by atoms with E-state index in [1.807, 2.05) is 47.4 Å². The molecule has 2 amide bonds. The fraction of sp³-hybridized carbons (Fsp3) is 0.481. The number of carbonyl (C=O) groups is 2. The highest BCUT2D eigenvalue weighted by molar-refractivity contribution is 5.95. The third kappa shape index (κ3) is 5.14. The maximum Gasteiger partial charge on any atom is 0.250 e. The number of methoxy groups -OCH3 is 1. The second kappa shape index (κ2) is 10.7. The first kappa shape index (κ1) is 22.4. The van der Waals surface area contributed by atoms with Crippen LogP contribution in [0.4, 0.5) is 0 Å². The Balaban J connectivity index is 1.60. The molecule has 2 aromatic rings. The summed E-state index contributed by atoms with van der Waals surface area (Å²) in [5.74, 6) is 0.860. The quantitative estimate of drug-likeness (QED) is 0.658. The molecule has 2 aromatic carbocycles. The molecule has 0 spiro atoms. The number of ether oxygens (including phenoxy) is 1. The average Bonchev–Trinajstić information content (AvgIpc) is 2.80. The Morgan fingerprint density at radius 1 is 0.875 bits per heavy atom. The molecular weight excluding hydrogens is 400 g/mol. The first-order valence-corrected chi connectivity index (χ1v) is 11.9. The van der Waals surface area contributed by atoms with E-state index in [0.29, 0.717) is 6.54 Å². The number of piperazine rings is 1. The van der Waals surface area contributed by atoms with E-state index in [2.05, 4.69) is 12.1 Å². The van der Waals surface area contributed by atoms with Crippen LogP contribution in [0, 0.1) is 0 Å². The van der Waals surface area contributed by atoms with Gasteiger partial charge in [0.05, 0.1) is 13.7 Å². The van der Waals surface area contributed by atoms with E-state index in [9.17, 15) is 9.59 Å². The Kier molecular flexibility index (Phi) is 7.46. The van der Waals surface area contributed by atoms with E-state index in [4.69, 9.17) is 4.74 Å². The molecule has 32 heavy (non-hydrogen) atoms.